The molecule has 1 amide bonds. The molecule has 0 radical (unpaired) electrons. The van der Waals surface area contributed by atoms with E-state index in [0.29, 0.717) is 5.56 Å². The predicted molar refractivity (Wildman–Crippen MR) is 102 cm³/mol. The van der Waals surface area contributed by atoms with E-state index in [9.17, 15) is 9.59 Å². The summed E-state index contributed by atoms with van der Waals surface area (Å²) >= 11 is 0. The van der Waals surface area contributed by atoms with Crippen molar-refractivity contribution in [3.8, 4) is 11.1 Å². The number of likely N-dealkylation sites (tertiary alicyclic amines) is 1. The Morgan fingerprint density at radius 3 is 2.38 bits per heavy atom. The summed E-state index contributed by atoms with van der Waals surface area (Å²) in [6, 6.07) is 17.3. The highest BCUT2D eigenvalue weighted by atomic mass is 16.5. The molecule has 3 rings (SSSR count). The molecule has 0 N–H and O–H groups in total. The lowest BCUT2D eigenvalue weighted by atomic mass is 10.0. The van der Waals surface area contributed by atoms with Gasteiger partial charge in [0.2, 0.25) is 5.91 Å². The summed E-state index contributed by atoms with van der Waals surface area (Å²) in [4.78, 5) is 26.6. The first-order valence-electron chi connectivity index (χ1n) is 9.28. The van der Waals surface area contributed by atoms with Crippen molar-refractivity contribution in [3.63, 3.8) is 0 Å². The molecule has 136 valence electrons. The molecule has 0 spiro atoms. The van der Waals surface area contributed by atoms with Crippen molar-refractivity contribution in [3.05, 3.63) is 60.2 Å². The molecular weight excluding hydrogens is 326 g/mol. The van der Waals surface area contributed by atoms with Crippen LogP contribution in [0.4, 0.5) is 0 Å². The van der Waals surface area contributed by atoms with Crippen LogP contribution in [-0.4, -0.2) is 36.0 Å². The predicted octanol–water partition coefficient (Wildman–Crippen LogP) is 4.30. The maximum atomic E-state index is 12.4. The van der Waals surface area contributed by atoms with Crippen LogP contribution in [-0.2, 0) is 9.53 Å². The maximum absolute atomic E-state index is 12.4. The molecule has 1 saturated heterocycles. The zero-order valence-electron chi connectivity index (χ0n) is 15.2. The van der Waals surface area contributed by atoms with Crippen molar-refractivity contribution >= 4 is 11.9 Å². The Balaban J connectivity index is 1.60. The quantitative estimate of drug-likeness (QED) is 0.755. The number of hydrogen-bond donors (Lipinski definition) is 0. The van der Waals surface area contributed by atoms with Crippen LogP contribution in [0.1, 0.15) is 43.0 Å². The number of benzene rings is 2. The molecule has 26 heavy (non-hydrogen) atoms. The van der Waals surface area contributed by atoms with E-state index in [1.54, 1.807) is 13.0 Å². The summed E-state index contributed by atoms with van der Waals surface area (Å²) in [6.07, 6.45) is 3.12. The number of rotatable bonds is 5. The number of carbonyl (C=O) groups is 2. The third kappa shape index (κ3) is 4.72. The topological polar surface area (TPSA) is 46.6 Å². The minimum absolute atomic E-state index is 0.0723. The number of nitrogens with zero attached hydrogens (tertiary/aromatic N) is 1. The first-order valence-corrected chi connectivity index (χ1v) is 9.28. The molecule has 0 bridgehead atoms. The van der Waals surface area contributed by atoms with Gasteiger partial charge >= 0.3 is 5.97 Å². The third-order valence-corrected chi connectivity index (χ3v) is 4.68. The second kappa shape index (κ2) is 8.65. The van der Waals surface area contributed by atoms with Crippen LogP contribution in [0.5, 0.6) is 0 Å². The second-order valence-corrected chi connectivity index (χ2v) is 6.81. The fourth-order valence-electron chi connectivity index (χ4n) is 3.27. The van der Waals surface area contributed by atoms with Crippen LogP contribution in [0, 0.1) is 0 Å². The van der Waals surface area contributed by atoms with Crippen molar-refractivity contribution in [1.82, 2.24) is 4.90 Å². The van der Waals surface area contributed by atoms with Crippen molar-refractivity contribution in [1.29, 1.82) is 0 Å². The first-order chi connectivity index (χ1) is 12.6. The molecule has 2 aromatic carbocycles. The van der Waals surface area contributed by atoms with Crippen LogP contribution in [0.2, 0.25) is 0 Å². The van der Waals surface area contributed by atoms with Gasteiger partial charge in [-0.05, 0) is 49.4 Å². The Hall–Kier alpha value is -2.62. The van der Waals surface area contributed by atoms with Crippen LogP contribution < -0.4 is 0 Å². The lowest BCUT2D eigenvalue weighted by Gasteiger charge is -2.27. The Morgan fingerprint density at radius 1 is 0.962 bits per heavy atom. The van der Waals surface area contributed by atoms with E-state index in [2.05, 4.69) is 0 Å². The zero-order valence-corrected chi connectivity index (χ0v) is 15.2. The van der Waals surface area contributed by atoms with Gasteiger partial charge in [0.05, 0.1) is 12.0 Å². The van der Waals surface area contributed by atoms with E-state index < -0.39 is 6.10 Å². The van der Waals surface area contributed by atoms with Gasteiger partial charge in [-0.3, -0.25) is 4.79 Å². The van der Waals surface area contributed by atoms with Gasteiger partial charge in [0.25, 0.3) is 0 Å². The SMILES string of the molecule is CC(CC(=O)N1CCCCC1)OC(=O)c1cccc(-c2ccccc2)c1. The molecule has 0 aromatic heterocycles. The summed E-state index contributed by atoms with van der Waals surface area (Å²) in [5, 5.41) is 0. The van der Waals surface area contributed by atoms with E-state index in [1.165, 1.54) is 6.42 Å². The molecule has 4 nitrogen and oxygen atoms in total. The third-order valence-electron chi connectivity index (χ3n) is 4.68. The Labute approximate surface area is 154 Å². The minimum Gasteiger partial charge on any atom is -0.459 e. The summed E-state index contributed by atoms with van der Waals surface area (Å²) in [5.41, 5.74) is 2.52. The summed E-state index contributed by atoms with van der Waals surface area (Å²) in [5.74, 6) is -0.315. The largest absolute Gasteiger partial charge is 0.459 e. The van der Waals surface area contributed by atoms with Crippen molar-refractivity contribution in [2.75, 3.05) is 13.1 Å². The van der Waals surface area contributed by atoms with Gasteiger partial charge in [-0.2, -0.15) is 0 Å². The van der Waals surface area contributed by atoms with E-state index in [0.717, 1.165) is 37.1 Å². The van der Waals surface area contributed by atoms with Crippen molar-refractivity contribution < 1.29 is 14.3 Å². The number of piperidine rings is 1. The normalized spacial score (nSPS) is 15.3. The number of carbonyl (C=O) groups excluding carboxylic acids is 2. The molecular formula is C22H25NO3. The first kappa shape index (κ1) is 18.2. The summed E-state index contributed by atoms with van der Waals surface area (Å²) < 4.78 is 5.50. The van der Waals surface area contributed by atoms with Gasteiger partial charge in [-0.25, -0.2) is 4.79 Å². The Bertz CT molecular complexity index is 751. The van der Waals surface area contributed by atoms with Crippen LogP contribution >= 0.6 is 0 Å². The average molecular weight is 351 g/mol. The van der Waals surface area contributed by atoms with Gasteiger partial charge < -0.3 is 9.64 Å². The van der Waals surface area contributed by atoms with E-state index in [4.69, 9.17) is 4.74 Å². The molecule has 1 atom stereocenters. The second-order valence-electron chi connectivity index (χ2n) is 6.81. The van der Waals surface area contributed by atoms with Gasteiger partial charge in [0.15, 0.2) is 0 Å². The smallest absolute Gasteiger partial charge is 0.338 e. The molecule has 1 fully saturated rings. The maximum Gasteiger partial charge on any atom is 0.338 e. The minimum atomic E-state index is -0.433. The lowest BCUT2D eigenvalue weighted by Crippen LogP contribution is -2.37. The molecule has 4 heteroatoms. The fraction of sp³-hybridized carbons (Fsp3) is 0.364. The van der Waals surface area contributed by atoms with E-state index in [1.807, 2.05) is 53.4 Å². The molecule has 1 aliphatic rings. The standard InChI is InChI=1S/C22H25NO3/c1-17(15-21(24)23-13-6-3-7-14-23)26-22(25)20-12-8-11-19(16-20)18-9-4-2-5-10-18/h2,4-5,8-12,16-17H,3,6-7,13-15H2,1H3. The Kier molecular flexibility index (Phi) is 6.05. The van der Waals surface area contributed by atoms with Crippen molar-refractivity contribution in [2.24, 2.45) is 0 Å². The molecule has 1 aliphatic heterocycles. The van der Waals surface area contributed by atoms with Gasteiger partial charge in [-0.1, -0.05) is 42.5 Å². The number of esters is 1. The number of amides is 1. The molecule has 0 saturated carbocycles. The highest BCUT2D eigenvalue weighted by Crippen LogP contribution is 2.21. The monoisotopic (exact) mass is 351 g/mol. The van der Waals surface area contributed by atoms with Gasteiger partial charge in [0.1, 0.15) is 6.10 Å². The number of hydrogen-bond acceptors (Lipinski definition) is 3. The lowest BCUT2D eigenvalue weighted by molar-refractivity contribution is -0.133. The van der Waals surface area contributed by atoms with E-state index >= 15 is 0 Å². The highest BCUT2D eigenvalue weighted by molar-refractivity contribution is 5.91. The fourth-order valence-corrected chi connectivity index (χ4v) is 3.27. The van der Waals surface area contributed by atoms with Crippen molar-refractivity contribution in [2.45, 2.75) is 38.7 Å². The Morgan fingerprint density at radius 2 is 1.65 bits per heavy atom. The van der Waals surface area contributed by atoms with Crippen LogP contribution in [0.25, 0.3) is 11.1 Å². The highest BCUT2D eigenvalue weighted by Gasteiger charge is 2.21. The van der Waals surface area contributed by atoms with Crippen LogP contribution in [0.3, 0.4) is 0 Å². The van der Waals surface area contributed by atoms with Gasteiger partial charge in [0, 0.05) is 13.1 Å². The van der Waals surface area contributed by atoms with Gasteiger partial charge in [-0.15, -0.1) is 0 Å². The average Bonchev–Trinajstić information content (AvgIpc) is 2.69. The molecule has 1 heterocycles. The zero-order chi connectivity index (χ0) is 18.4. The van der Waals surface area contributed by atoms with Crippen LogP contribution in [0.15, 0.2) is 54.6 Å². The summed E-state index contributed by atoms with van der Waals surface area (Å²) in [6.45, 7) is 3.41. The molecule has 0 aliphatic carbocycles. The summed E-state index contributed by atoms with van der Waals surface area (Å²) in [7, 11) is 0. The number of ether oxygens (including phenoxy) is 1. The molecule has 2 aromatic rings. The molecule has 1 unspecified atom stereocenters. The van der Waals surface area contributed by atoms with E-state index in [-0.39, 0.29) is 18.3 Å².